The summed E-state index contributed by atoms with van der Waals surface area (Å²) < 4.78 is 11.2. The SMILES string of the molecule is C=C(OC(C)(C)C)/C(C=NC/C(C)=C/N1C=C(C2CC2)C=C(CC(C)(C)C(=O)OCC)C1C(C)CC)=N/N. The normalized spacial score (nSPS) is 20.2. The van der Waals surface area contributed by atoms with Crippen LogP contribution in [0.25, 0.3) is 0 Å². The zero-order valence-corrected chi connectivity index (χ0v) is 25.1. The Kier molecular flexibility index (Phi) is 11.0. The molecule has 0 saturated heterocycles. The smallest absolute Gasteiger partial charge is 0.311 e. The Bertz CT molecular complexity index is 1010. The average molecular weight is 527 g/mol. The van der Waals surface area contributed by atoms with Gasteiger partial charge in [-0.3, -0.25) is 9.79 Å². The van der Waals surface area contributed by atoms with E-state index in [2.05, 4.69) is 60.8 Å². The summed E-state index contributed by atoms with van der Waals surface area (Å²) in [6.45, 7) is 23.1. The molecule has 212 valence electrons. The van der Waals surface area contributed by atoms with Crippen molar-refractivity contribution in [1.29, 1.82) is 0 Å². The maximum atomic E-state index is 12.8. The molecule has 1 heterocycles. The van der Waals surface area contributed by atoms with Crippen LogP contribution in [0.15, 0.2) is 57.6 Å². The van der Waals surface area contributed by atoms with Gasteiger partial charge >= 0.3 is 5.97 Å². The molecule has 0 bridgehead atoms. The third-order valence-electron chi connectivity index (χ3n) is 6.83. The molecule has 0 radical (unpaired) electrons. The molecule has 2 unspecified atom stereocenters. The number of esters is 1. The molecule has 2 aliphatic rings. The van der Waals surface area contributed by atoms with Crippen LogP contribution in [0.5, 0.6) is 0 Å². The topological polar surface area (TPSA) is 89.5 Å². The number of hydrogen-bond donors (Lipinski definition) is 1. The van der Waals surface area contributed by atoms with E-state index < -0.39 is 11.0 Å². The molecule has 0 aromatic carbocycles. The monoisotopic (exact) mass is 526 g/mol. The van der Waals surface area contributed by atoms with E-state index >= 15 is 0 Å². The summed E-state index contributed by atoms with van der Waals surface area (Å²) >= 11 is 0. The minimum atomic E-state index is -0.593. The lowest BCUT2D eigenvalue weighted by molar-refractivity contribution is -0.153. The number of ether oxygens (including phenoxy) is 2. The quantitative estimate of drug-likeness (QED) is 0.0968. The number of hydrazone groups is 1. The van der Waals surface area contributed by atoms with E-state index in [0.717, 1.165) is 12.0 Å². The zero-order chi connectivity index (χ0) is 28.7. The lowest BCUT2D eigenvalue weighted by Gasteiger charge is -2.40. The fourth-order valence-corrected chi connectivity index (χ4v) is 4.66. The molecule has 0 aromatic rings. The minimum Gasteiger partial charge on any atom is -0.486 e. The van der Waals surface area contributed by atoms with Crippen molar-refractivity contribution >= 4 is 17.9 Å². The fraction of sp³-hybridized carbons (Fsp3) is 0.645. The summed E-state index contributed by atoms with van der Waals surface area (Å²) in [5, 5.41) is 3.80. The molecular weight excluding hydrogens is 476 g/mol. The molecule has 0 spiro atoms. The van der Waals surface area contributed by atoms with E-state index in [1.165, 1.54) is 24.0 Å². The van der Waals surface area contributed by atoms with Gasteiger partial charge in [0.2, 0.25) is 0 Å². The van der Waals surface area contributed by atoms with E-state index in [0.29, 0.717) is 42.9 Å². The zero-order valence-electron chi connectivity index (χ0n) is 25.1. The number of rotatable bonds is 13. The number of hydrogen-bond acceptors (Lipinski definition) is 7. The molecular formula is C31H50N4O3. The Labute approximate surface area is 230 Å². The molecule has 0 amide bonds. The summed E-state index contributed by atoms with van der Waals surface area (Å²) in [5.41, 5.74) is 3.18. The molecule has 7 nitrogen and oxygen atoms in total. The van der Waals surface area contributed by atoms with Crippen molar-refractivity contribution in [2.45, 2.75) is 99.6 Å². The van der Waals surface area contributed by atoms with Crippen LogP contribution in [0.1, 0.15) is 88.0 Å². The standard InChI is InChI=1S/C31H50N4O3/c1-11-22(4)28-25(16-31(9,10)29(36)37-12-2)15-26(24-13-14-24)20-35(28)19-21(3)17-33-18-27(34-32)23(5)38-30(6,7)8/h15,18-20,22,24,28H,5,11-14,16-17,32H2,1-4,6-10H3/b21-19+,33-18?,34-27+. The predicted molar refractivity (Wildman–Crippen MR) is 158 cm³/mol. The van der Waals surface area contributed by atoms with Crippen molar-refractivity contribution in [3.8, 4) is 0 Å². The van der Waals surface area contributed by atoms with Crippen molar-refractivity contribution in [3.63, 3.8) is 0 Å². The number of nitrogens with zero attached hydrogens (tertiary/aromatic N) is 3. The summed E-state index contributed by atoms with van der Waals surface area (Å²) in [6.07, 6.45) is 12.6. The van der Waals surface area contributed by atoms with Crippen LogP contribution >= 0.6 is 0 Å². The Morgan fingerprint density at radius 2 is 1.92 bits per heavy atom. The van der Waals surface area contributed by atoms with Gasteiger partial charge in [0.05, 0.1) is 30.8 Å². The van der Waals surface area contributed by atoms with Gasteiger partial charge in [-0.2, -0.15) is 5.10 Å². The number of nitrogens with two attached hydrogens (primary N) is 1. The van der Waals surface area contributed by atoms with E-state index in [9.17, 15) is 4.79 Å². The van der Waals surface area contributed by atoms with Gasteiger partial charge in [-0.15, -0.1) is 0 Å². The molecule has 0 aromatic heterocycles. The molecule has 2 atom stereocenters. The molecule has 1 aliphatic carbocycles. The van der Waals surface area contributed by atoms with Crippen molar-refractivity contribution in [3.05, 3.63) is 47.5 Å². The highest BCUT2D eigenvalue weighted by molar-refractivity contribution is 6.37. The van der Waals surface area contributed by atoms with E-state index in [1.807, 2.05) is 41.5 Å². The third kappa shape index (κ3) is 9.17. The number of carbonyl (C=O) groups is 1. The van der Waals surface area contributed by atoms with Gasteiger partial charge in [-0.1, -0.05) is 32.9 Å². The Hall–Kier alpha value is -2.83. The van der Waals surface area contributed by atoms with Gasteiger partial charge in [0.1, 0.15) is 17.1 Å². The van der Waals surface area contributed by atoms with Crippen LogP contribution in [-0.2, 0) is 14.3 Å². The summed E-state index contributed by atoms with van der Waals surface area (Å²) in [7, 11) is 0. The first-order valence-electron chi connectivity index (χ1n) is 13.9. The highest BCUT2D eigenvalue weighted by Crippen LogP contribution is 2.43. The molecule has 1 fully saturated rings. The second-order valence-electron chi connectivity index (χ2n) is 12.3. The van der Waals surface area contributed by atoms with Crippen LogP contribution in [-0.4, -0.2) is 47.6 Å². The minimum absolute atomic E-state index is 0.145. The summed E-state index contributed by atoms with van der Waals surface area (Å²) in [4.78, 5) is 19.7. The fourth-order valence-electron chi connectivity index (χ4n) is 4.66. The van der Waals surface area contributed by atoms with Gasteiger partial charge in [0.15, 0.2) is 0 Å². The number of aliphatic imine (C=N–C) groups is 1. The Balaban J connectivity index is 2.30. The van der Waals surface area contributed by atoms with Crippen LogP contribution in [0.2, 0.25) is 0 Å². The largest absolute Gasteiger partial charge is 0.486 e. The first-order chi connectivity index (χ1) is 17.7. The van der Waals surface area contributed by atoms with Crippen molar-refractivity contribution in [2.75, 3.05) is 13.2 Å². The van der Waals surface area contributed by atoms with Crippen LogP contribution < -0.4 is 5.84 Å². The Morgan fingerprint density at radius 3 is 2.45 bits per heavy atom. The maximum Gasteiger partial charge on any atom is 0.311 e. The molecule has 38 heavy (non-hydrogen) atoms. The highest BCUT2D eigenvalue weighted by Gasteiger charge is 2.38. The second kappa shape index (κ2) is 13.3. The average Bonchev–Trinajstić information content (AvgIpc) is 3.65. The third-order valence-corrected chi connectivity index (χ3v) is 6.83. The maximum absolute atomic E-state index is 12.8. The molecule has 2 N–H and O–H groups in total. The van der Waals surface area contributed by atoms with E-state index in [4.69, 9.17) is 15.3 Å². The van der Waals surface area contributed by atoms with Crippen molar-refractivity contribution < 1.29 is 14.3 Å². The molecule has 7 heteroatoms. The lowest BCUT2D eigenvalue weighted by Crippen LogP contribution is -2.39. The highest BCUT2D eigenvalue weighted by atomic mass is 16.5. The molecule has 1 saturated carbocycles. The molecule has 2 rings (SSSR count). The summed E-state index contributed by atoms with van der Waals surface area (Å²) in [6, 6.07) is 0.163. The van der Waals surface area contributed by atoms with E-state index in [1.54, 1.807) is 6.21 Å². The molecule has 1 aliphatic heterocycles. The summed E-state index contributed by atoms with van der Waals surface area (Å²) in [5.74, 6) is 6.82. The van der Waals surface area contributed by atoms with Crippen molar-refractivity contribution in [1.82, 2.24) is 4.90 Å². The van der Waals surface area contributed by atoms with Crippen molar-refractivity contribution in [2.24, 2.45) is 33.2 Å². The van der Waals surface area contributed by atoms with E-state index in [-0.39, 0.29) is 12.0 Å². The van der Waals surface area contributed by atoms with Crippen LogP contribution in [0.3, 0.4) is 0 Å². The predicted octanol–water partition coefficient (Wildman–Crippen LogP) is 6.53. The lowest BCUT2D eigenvalue weighted by atomic mass is 9.77. The van der Waals surface area contributed by atoms with Gasteiger partial charge in [0, 0.05) is 12.4 Å². The van der Waals surface area contributed by atoms with Gasteiger partial charge in [-0.25, -0.2) is 0 Å². The van der Waals surface area contributed by atoms with Crippen LogP contribution in [0, 0.1) is 17.3 Å². The Morgan fingerprint density at radius 1 is 1.26 bits per heavy atom. The number of allylic oxidation sites excluding steroid dienone is 3. The van der Waals surface area contributed by atoms with Gasteiger partial charge in [0.25, 0.3) is 0 Å². The van der Waals surface area contributed by atoms with Gasteiger partial charge in [-0.05, 0) is 96.3 Å². The first-order valence-corrected chi connectivity index (χ1v) is 13.9. The number of carbonyl (C=O) groups excluding carboxylic acids is 1. The first kappa shape index (κ1) is 31.4. The second-order valence-corrected chi connectivity index (χ2v) is 12.3. The van der Waals surface area contributed by atoms with Crippen LogP contribution in [0.4, 0.5) is 0 Å². The van der Waals surface area contributed by atoms with Gasteiger partial charge < -0.3 is 20.2 Å².